The first-order chi connectivity index (χ1) is 16.5. The summed E-state index contributed by atoms with van der Waals surface area (Å²) in [7, 11) is 0. The van der Waals surface area contributed by atoms with E-state index in [-0.39, 0.29) is 30.2 Å². The fourth-order valence-electron chi connectivity index (χ4n) is 5.49. The zero-order valence-corrected chi connectivity index (χ0v) is 19.7. The van der Waals surface area contributed by atoms with Gasteiger partial charge in [0.2, 0.25) is 5.91 Å². The lowest BCUT2D eigenvalue weighted by Gasteiger charge is -2.44. The third kappa shape index (κ3) is 4.10. The smallest absolute Gasteiger partial charge is 0.271 e. The molecule has 2 aliphatic rings. The molecule has 1 fully saturated rings. The minimum absolute atomic E-state index is 0.0433. The fourth-order valence-corrected chi connectivity index (χ4v) is 5.49. The molecule has 1 saturated carbocycles. The van der Waals surface area contributed by atoms with Crippen molar-refractivity contribution in [2.24, 2.45) is 0 Å². The minimum Gasteiger partial charge on any atom is -0.351 e. The highest BCUT2D eigenvalue weighted by Crippen LogP contribution is 2.34. The Kier molecular flexibility index (Phi) is 6.15. The second-order valence-corrected chi connectivity index (χ2v) is 9.95. The average molecular weight is 462 g/mol. The number of hydrogen-bond acceptors (Lipinski definition) is 2. The highest BCUT2D eigenvalue weighted by atomic mass is 19.1. The van der Waals surface area contributed by atoms with E-state index in [1.165, 1.54) is 25.3 Å². The normalized spacial score (nSPS) is 21.7. The molecule has 1 aliphatic carbocycles. The van der Waals surface area contributed by atoms with Crippen LogP contribution < -0.4 is 5.32 Å². The van der Waals surface area contributed by atoms with Gasteiger partial charge >= 0.3 is 0 Å². The molecule has 6 heteroatoms. The third-order valence-electron chi connectivity index (χ3n) is 7.55. The second-order valence-electron chi connectivity index (χ2n) is 9.95. The predicted octanol–water partition coefficient (Wildman–Crippen LogP) is 5.42. The third-order valence-corrected chi connectivity index (χ3v) is 7.55. The first kappa shape index (κ1) is 22.6. The second kappa shape index (κ2) is 9.24. The van der Waals surface area contributed by atoms with Crippen molar-refractivity contribution in [1.82, 2.24) is 14.8 Å². The monoisotopic (exact) mass is 461 g/mol. The van der Waals surface area contributed by atoms with Gasteiger partial charge in [0.25, 0.3) is 5.91 Å². The summed E-state index contributed by atoms with van der Waals surface area (Å²) in [5, 5.41) is 4.24. The van der Waals surface area contributed by atoms with Gasteiger partial charge in [-0.1, -0.05) is 68.5 Å². The number of benzene rings is 2. The number of aromatic nitrogens is 1. The van der Waals surface area contributed by atoms with Crippen LogP contribution in [0.2, 0.25) is 0 Å². The van der Waals surface area contributed by atoms with Crippen LogP contribution in [-0.2, 0) is 17.9 Å². The van der Waals surface area contributed by atoms with Crippen LogP contribution in [0.3, 0.4) is 0 Å². The van der Waals surface area contributed by atoms with E-state index in [0.717, 1.165) is 36.6 Å². The number of fused-ring (bicyclic) bond motifs is 3. The highest BCUT2D eigenvalue weighted by molar-refractivity contribution is 6.03. The van der Waals surface area contributed by atoms with E-state index in [1.54, 1.807) is 23.1 Å². The maximum atomic E-state index is 14.6. The molecule has 0 spiro atoms. The summed E-state index contributed by atoms with van der Waals surface area (Å²) in [4.78, 5) is 29.3. The Morgan fingerprint density at radius 3 is 2.47 bits per heavy atom. The molecule has 2 aromatic carbocycles. The Hall–Kier alpha value is -3.15. The van der Waals surface area contributed by atoms with Crippen LogP contribution in [0, 0.1) is 5.82 Å². The Bertz CT molecular complexity index is 1210. The van der Waals surface area contributed by atoms with Gasteiger partial charge in [0.15, 0.2) is 0 Å². The maximum Gasteiger partial charge on any atom is 0.271 e. The van der Waals surface area contributed by atoms with Crippen molar-refractivity contribution < 1.29 is 14.0 Å². The van der Waals surface area contributed by atoms with Crippen LogP contribution in [0.15, 0.2) is 54.6 Å². The number of hydrogen-bond donors (Lipinski definition) is 1. The molecule has 1 aliphatic heterocycles. The van der Waals surface area contributed by atoms with E-state index < -0.39 is 5.54 Å². The number of nitrogens with one attached hydrogen (secondary N) is 1. The summed E-state index contributed by atoms with van der Waals surface area (Å²) in [6, 6.07) is 16.3. The Labute approximate surface area is 199 Å². The highest BCUT2D eigenvalue weighted by Gasteiger charge is 2.48. The molecule has 0 bridgehead atoms. The quantitative estimate of drug-likeness (QED) is 0.564. The summed E-state index contributed by atoms with van der Waals surface area (Å²) in [6.45, 7) is 2.19. The van der Waals surface area contributed by atoms with Crippen molar-refractivity contribution >= 4 is 22.7 Å². The molecule has 2 heterocycles. The molecule has 1 atom stereocenters. The molecule has 2 amide bonds. The van der Waals surface area contributed by atoms with Crippen molar-refractivity contribution in [3.05, 3.63) is 71.7 Å². The molecule has 0 saturated heterocycles. The van der Waals surface area contributed by atoms with Gasteiger partial charge in [0.1, 0.15) is 17.1 Å². The average Bonchev–Trinajstić information content (AvgIpc) is 3.18. The van der Waals surface area contributed by atoms with Gasteiger partial charge in [-0.15, -0.1) is 0 Å². The lowest BCUT2D eigenvalue weighted by atomic mass is 9.91. The van der Waals surface area contributed by atoms with Crippen molar-refractivity contribution in [1.29, 1.82) is 0 Å². The van der Waals surface area contributed by atoms with Crippen LogP contribution in [0.5, 0.6) is 0 Å². The molecule has 178 valence electrons. The molecule has 34 heavy (non-hydrogen) atoms. The van der Waals surface area contributed by atoms with Crippen LogP contribution in [-0.4, -0.2) is 32.9 Å². The number of carbonyl (C=O) groups is 2. The summed E-state index contributed by atoms with van der Waals surface area (Å²) in [5.74, 6) is -0.781. The first-order valence-electron chi connectivity index (χ1n) is 12.4. The number of halogens is 1. The molecule has 3 aromatic rings. The van der Waals surface area contributed by atoms with Gasteiger partial charge in [-0.3, -0.25) is 9.59 Å². The largest absolute Gasteiger partial charge is 0.351 e. The maximum absolute atomic E-state index is 14.6. The molecule has 1 aromatic heterocycles. The molecular formula is C28H32FN3O2. The van der Waals surface area contributed by atoms with E-state index in [0.29, 0.717) is 17.8 Å². The van der Waals surface area contributed by atoms with Crippen LogP contribution in [0.4, 0.5) is 4.39 Å². The lowest BCUT2D eigenvalue weighted by molar-refractivity contribution is -0.134. The predicted molar refractivity (Wildman–Crippen MR) is 131 cm³/mol. The number of para-hydroxylation sites is 1. The van der Waals surface area contributed by atoms with Crippen LogP contribution in [0.25, 0.3) is 10.9 Å². The zero-order valence-electron chi connectivity index (χ0n) is 19.7. The molecule has 1 N–H and O–H groups in total. The minimum atomic E-state index is -1.14. The summed E-state index contributed by atoms with van der Waals surface area (Å²) in [5.41, 5.74) is 0.733. The Morgan fingerprint density at radius 1 is 1.03 bits per heavy atom. The number of nitrogens with zero attached hydrogens (tertiary/aromatic N) is 2. The summed E-state index contributed by atoms with van der Waals surface area (Å²) >= 11 is 0. The van der Waals surface area contributed by atoms with Gasteiger partial charge in [-0.2, -0.15) is 0 Å². The molecular weight excluding hydrogens is 429 g/mol. The molecule has 5 rings (SSSR count). The SMILES string of the molecule is C[C@]1(C(=O)NC2CCCCCCC2)Cn2c(cc3ccccc32)C(=O)N1Cc1ccccc1F. The Balaban J connectivity index is 1.52. The van der Waals surface area contributed by atoms with Gasteiger partial charge in [-0.25, -0.2) is 4.39 Å². The van der Waals surface area contributed by atoms with Crippen molar-refractivity contribution in [3.8, 4) is 0 Å². The van der Waals surface area contributed by atoms with E-state index in [4.69, 9.17) is 0 Å². The van der Waals surface area contributed by atoms with Gasteiger partial charge in [-0.05, 0) is 38.0 Å². The number of amides is 2. The van der Waals surface area contributed by atoms with Crippen molar-refractivity contribution in [2.75, 3.05) is 0 Å². The van der Waals surface area contributed by atoms with Crippen molar-refractivity contribution in [2.45, 2.75) is 76.5 Å². The number of carbonyl (C=O) groups excluding carboxylic acids is 2. The number of rotatable bonds is 4. The first-order valence-corrected chi connectivity index (χ1v) is 12.4. The van der Waals surface area contributed by atoms with Crippen LogP contribution in [0.1, 0.15) is 67.9 Å². The molecule has 0 radical (unpaired) electrons. The molecule has 5 nitrogen and oxygen atoms in total. The zero-order chi connectivity index (χ0) is 23.7. The van der Waals surface area contributed by atoms with E-state index in [1.807, 2.05) is 41.8 Å². The molecule has 0 unspecified atom stereocenters. The van der Waals surface area contributed by atoms with E-state index in [9.17, 15) is 14.0 Å². The fraction of sp³-hybridized carbons (Fsp3) is 0.429. The van der Waals surface area contributed by atoms with E-state index >= 15 is 0 Å². The van der Waals surface area contributed by atoms with Crippen molar-refractivity contribution in [3.63, 3.8) is 0 Å². The summed E-state index contributed by atoms with van der Waals surface area (Å²) in [6.07, 6.45) is 7.77. The Morgan fingerprint density at radius 2 is 1.71 bits per heavy atom. The van der Waals surface area contributed by atoms with Gasteiger partial charge in [0, 0.05) is 22.5 Å². The lowest BCUT2D eigenvalue weighted by Crippen LogP contribution is -2.64. The van der Waals surface area contributed by atoms with Crippen LogP contribution >= 0.6 is 0 Å². The van der Waals surface area contributed by atoms with E-state index in [2.05, 4.69) is 5.32 Å². The topological polar surface area (TPSA) is 54.3 Å². The van der Waals surface area contributed by atoms with Gasteiger partial charge in [0.05, 0.1) is 13.1 Å². The van der Waals surface area contributed by atoms with Gasteiger partial charge < -0.3 is 14.8 Å². The summed E-state index contributed by atoms with van der Waals surface area (Å²) < 4.78 is 16.6. The standard InChI is InChI=1S/C28H32FN3O2/c1-28(27(34)30-22-13-5-3-2-4-6-14-22)19-31-24-16-10-8-11-20(24)17-25(31)26(33)32(28)18-21-12-7-9-15-23(21)29/h7-12,15-17,22H,2-6,13-14,18-19H2,1H3,(H,30,34)/t28-/m1/s1.